The molecule has 0 N–H and O–H groups in total. The molecule has 1 heterocycles. The third-order valence-corrected chi connectivity index (χ3v) is 2.56. The molecule has 2 rings (SSSR count). The Morgan fingerprint density at radius 2 is 2.13 bits per heavy atom. The molecule has 0 aromatic heterocycles. The van der Waals surface area contributed by atoms with Crippen LogP contribution in [-0.2, 0) is 9.53 Å². The van der Waals surface area contributed by atoms with Gasteiger partial charge < -0.3 is 9.64 Å². The number of amides is 1. The van der Waals surface area contributed by atoms with E-state index >= 15 is 0 Å². The summed E-state index contributed by atoms with van der Waals surface area (Å²) in [6, 6.07) is 6.08. The average Bonchev–Trinajstić information content (AvgIpc) is 2.30. The quantitative estimate of drug-likeness (QED) is 0.688. The molecule has 1 atom stereocenters. The Morgan fingerprint density at radius 3 is 2.80 bits per heavy atom. The number of rotatable bonds is 2. The first-order valence-corrected chi connectivity index (χ1v) is 4.85. The highest BCUT2D eigenvalue weighted by Gasteiger charge is 2.22. The molecular formula is C11H12FNO2. The largest absolute Gasteiger partial charge is 0.377 e. The molecule has 4 heteroatoms. The lowest BCUT2D eigenvalue weighted by molar-refractivity contribution is -0.126. The number of morpholine rings is 1. The maximum Gasteiger partial charge on any atom is 0.210 e. The topological polar surface area (TPSA) is 29.5 Å². The summed E-state index contributed by atoms with van der Waals surface area (Å²) in [5.41, 5.74) is 0.906. The van der Waals surface area contributed by atoms with Gasteiger partial charge in [-0.25, -0.2) is 4.39 Å². The number of carbonyl (C=O) groups is 1. The second-order valence-electron chi connectivity index (χ2n) is 3.49. The normalized spacial score (nSPS) is 21.4. The molecule has 1 aliphatic heterocycles. The molecule has 0 radical (unpaired) electrons. The van der Waals surface area contributed by atoms with Crippen LogP contribution in [0.25, 0.3) is 0 Å². The van der Waals surface area contributed by atoms with E-state index in [-0.39, 0.29) is 11.9 Å². The summed E-state index contributed by atoms with van der Waals surface area (Å²) in [4.78, 5) is 12.5. The van der Waals surface area contributed by atoms with Crippen molar-refractivity contribution in [2.75, 3.05) is 19.8 Å². The number of hydrogen-bond acceptors (Lipinski definition) is 2. The summed E-state index contributed by atoms with van der Waals surface area (Å²) in [7, 11) is 0. The number of ether oxygens (including phenoxy) is 1. The molecule has 1 fully saturated rings. The summed E-state index contributed by atoms with van der Waals surface area (Å²) < 4.78 is 18.0. The highest BCUT2D eigenvalue weighted by molar-refractivity contribution is 5.49. The molecule has 80 valence electrons. The molecule has 0 spiro atoms. The van der Waals surface area contributed by atoms with Gasteiger partial charge in [0.25, 0.3) is 0 Å². The molecule has 15 heavy (non-hydrogen) atoms. The third-order valence-electron chi connectivity index (χ3n) is 2.56. The van der Waals surface area contributed by atoms with Gasteiger partial charge in [0, 0.05) is 6.54 Å². The fourth-order valence-corrected chi connectivity index (χ4v) is 1.72. The molecule has 1 aromatic rings. The third kappa shape index (κ3) is 2.15. The zero-order chi connectivity index (χ0) is 10.7. The number of hydrogen-bond donors (Lipinski definition) is 0. The van der Waals surface area contributed by atoms with Crippen LogP contribution in [0.1, 0.15) is 11.6 Å². The van der Waals surface area contributed by atoms with E-state index in [2.05, 4.69) is 0 Å². The van der Waals surface area contributed by atoms with Crippen molar-refractivity contribution in [2.24, 2.45) is 0 Å². The zero-order valence-electron chi connectivity index (χ0n) is 8.23. The van der Waals surface area contributed by atoms with Gasteiger partial charge in [0.05, 0.1) is 19.3 Å². The minimum atomic E-state index is -0.270. The summed E-state index contributed by atoms with van der Waals surface area (Å²) in [5, 5.41) is 0. The Balaban J connectivity index is 2.20. The highest BCUT2D eigenvalue weighted by Crippen LogP contribution is 2.22. The molecule has 1 amide bonds. The summed E-state index contributed by atoms with van der Waals surface area (Å²) in [6.45, 7) is 1.63. The van der Waals surface area contributed by atoms with Crippen molar-refractivity contribution < 1.29 is 13.9 Å². The standard InChI is InChI=1S/C11H12FNO2/c12-10-3-1-9(2-4-10)11-7-15-6-5-13(11)8-14/h1-4,8,11H,5-7H2. The van der Waals surface area contributed by atoms with Crippen molar-refractivity contribution in [2.45, 2.75) is 6.04 Å². The Hall–Kier alpha value is -1.42. The Bertz CT molecular complexity index is 339. The summed E-state index contributed by atoms with van der Waals surface area (Å²) >= 11 is 0. The van der Waals surface area contributed by atoms with Gasteiger partial charge in [-0.15, -0.1) is 0 Å². The van der Waals surface area contributed by atoms with Crippen LogP contribution in [-0.4, -0.2) is 31.1 Å². The van der Waals surface area contributed by atoms with E-state index in [1.54, 1.807) is 17.0 Å². The maximum absolute atomic E-state index is 12.7. The van der Waals surface area contributed by atoms with E-state index < -0.39 is 0 Å². The minimum absolute atomic E-state index is 0.0863. The first-order valence-electron chi connectivity index (χ1n) is 4.85. The lowest BCUT2D eigenvalue weighted by Crippen LogP contribution is -2.38. The van der Waals surface area contributed by atoms with E-state index in [1.165, 1.54) is 12.1 Å². The molecule has 1 aromatic carbocycles. The van der Waals surface area contributed by atoms with Crippen LogP contribution in [0.15, 0.2) is 24.3 Å². The van der Waals surface area contributed by atoms with Gasteiger partial charge in [0.15, 0.2) is 0 Å². The second-order valence-corrected chi connectivity index (χ2v) is 3.49. The predicted molar refractivity (Wildman–Crippen MR) is 52.7 cm³/mol. The van der Waals surface area contributed by atoms with Crippen LogP contribution in [0.4, 0.5) is 4.39 Å². The van der Waals surface area contributed by atoms with Gasteiger partial charge in [0.2, 0.25) is 6.41 Å². The van der Waals surface area contributed by atoms with Crippen molar-refractivity contribution in [1.82, 2.24) is 4.90 Å². The van der Waals surface area contributed by atoms with E-state index in [9.17, 15) is 9.18 Å². The Morgan fingerprint density at radius 1 is 1.40 bits per heavy atom. The molecule has 0 aliphatic carbocycles. The fourth-order valence-electron chi connectivity index (χ4n) is 1.72. The number of nitrogens with zero attached hydrogens (tertiary/aromatic N) is 1. The molecule has 0 bridgehead atoms. The van der Waals surface area contributed by atoms with Crippen molar-refractivity contribution in [3.8, 4) is 0 Å². The Kier molecular flexibility index (Phi) is 2.97. The predicted octanol–water partition coefficient (Wildman–Crippen LogP) is 1.36. The lowest BCUT2D eigenvalue weighted by atomic mass is 10.1. The van der Waals surface area contributed by atoms with Gasteiger partial charge in [-0.2, -0.15) is 0 Å². The molecular weight excluding hydrogens is 197 g/mol. The average molecular weight is 209 g/mol. The number of benzene rings is 1. The Labute approximate surface area is 87.5 Å². The van der Waals surface area contributed by atoms with Crippen LogP contribution < -0.4 is 0 Å². The zero-order valence-corrected chi connectivity index (χ0v) is 8.23. The lowest BCUT2D eigenvalue weighted by Gasteiger charge is -2.32. The van der Waals surface area contributed by atoms with E-state index in [0.29, 0.717) is 19.8 Å². The van der Waals surface area contributed by atoms with Crippen LogP contribution in [0.3, 0.4) is 0 Å². The van der Waals surface area contributed by atoms with Gasteiger partial charge >= 0.3 is 0 Å². The van der Waals surface area contributed by atoms with Crippen LogP contribution >= 0.6 is 0 Å². The number of carbonyl (C=O) groups excluding carboxylic acids is 1. The van der Waals surface area contributed by atoms with Gasteiger partial charge in [-0.1, -0.05) is 12.1 Å². The molecule has 1 unspecified atom stereocenters. The SMILES string of the molecule is O=CN1CCOCC1c1ccc(F)cc1. The van der Waals surface area contributed by atoms with Crippen LogP contribution in [0, 0.1) is 5.82 Å². The smallest absolute Gasteiger partial charge is 0.210 e. The summed E-state index contributed by atoms with van der Waals surface area (Å²) in [6.07, 6.45) is 0.816. The minimum Gasteiger partial charge on any atom is -0.377 e. The van der Waals surface area contributed by atoms with Crippen molar-refractivity contribution >= 4 is 6.41 Å². The van der Waals surface area contributed by atoms with E-state index in [1.807, 2.05) is 0 Å². The number of halogens is 1. The first-order chi connectivity index (χ1) is 7.31. The van der Waals surface area contributed by atoms with Crippen molar-refractivity contribution in [3.05, 3.63) is 35.6 Å². The molecule has 0 saturated carbocycles. The van der Waals surface area contributed by atoms with E-state index in [4.69, 9.17) is 4.74 Å². The maximum atomic E-state index is 12.7. The monoisotopic (exact) mass is 209 g/mol. The summed E-state index contributed by atoms with van der Waals surface area (Å²) in [5.74, 6) is -0.270. The van der Waals surface area contributed by atoms with Crippen molar-refractivity contribution in [1.29, 1.82) is 0 Å². The molecule has 1 aliphatic rings. The second kappa shape index (κ2) is 4.40. The van der Waals surface area contributed by atoms with Gasteiger partial charge in [-0.3, -0.25) is 4.79 Å². The van der Waals surface area contributed by atoms with E-state index in [0.717, 1.165) is 12.0 Å². The van der Waals surface area contributed by atoms with Crippen molar-refractivity contribution in [3.63, 3.8) is 0 Å². The highest BCUT2D eigenvalue weighted by atomic mass is 19.1. The van der Waals surface area contributed by atoms with Gasteiger partial charge in [-0.05, 0) is 17.7 Å². The fraction of sp³-hybridized carbons (Fsp3) is 0.364. The van der Waals surface area contributed by atoms with Crippen LogP contribution in [0.5, 0.6) is 0 Å². The molecule has 3 nitrogen and oxygen atoms in total. The van der Waals surface area contributed by atoms with Crippen LogP contribution in [0.2, 0.25) is 0 Å². The first kappa shape index (κ1) is 10.1. The van der Waals surface area contributed by atoms with Gasteiger partial charge in [0.1, 0.15) is 5.82 Å². The molecule has 1 saturated heterocycles.